The minimum Gasteiger partial charge on any atom is -0.467 e. The third kappa shape index (κ3) is 3.44. The molecule has 0 saturated carbocycles. The van der Waals surface area contributed by atoms with Crippen molar-refractivity contribution in [3.8, 4) is 11.3 Å². The molecule has 6 heteroatoms. The van der Waals surface area contributed by atoms with E-state index in [1.807, 2.05) is 6.07 Å². The normalized spacial score (nSPS) is 11.8. The van der Waals surface area contributed by atoms with Gasteiger partial charge in [-0.05, 0) is 31.2 Å². The van der Waals surface area contributed by atoms with Crippen molar-refractivity contribution in [1.82, 2.24) is 5.32 Å². The van der Waals surface area contributed by atoms with Crippen molar-refractivity contribution in [2.75, 3.05) is 7.11 Å². The van der Waals surface area contributed by atoms with E-state index in [2.05, 4.69) is 10.1 Å². The number of methoxy groups -OCH3 is 1. The summed E-state index contributed by atoms with van der Waals surface area (Å²) in [5.74, 6) is -0.440. The summed E-state index contributed by atoms with van der Waals surface area (Å²) in [6.07, 6.45) is 0. The zero-order valence-electron chi connectivity index (χ0n) is 11.6. The molecule has 1 N–H and O–H groups in total. The molecule has 1 heterocycles. The number of rotatable bonds is 4. The molecule has 21 heavy (non-hydrogen) atoms. The van der Waals surface area contributed by atoms with Crippen LogP contribution in [0, 0.1) is 0 Å². The Morgan fingerprint density at radius 3 is 2.62 bits per heavy atom. The molecule has 0 fully saturated rings. The SMILES string of the molecule is COC(=O)[C@@H](C)NC(=O)c1ccc(-c2ccccc2Cl)o1. The molecule has 1 amide bonds. The first-order valence-corrected chi connectivity index (χ1v) is 6.64. The molecule has 0 bridgehead atoms. The third-order valence-corrected chi connectivity index (χ3v) is 3.20. The van der Waals surface area contributed by atoms with Crippen LogP contribution in [0.25, 0.3) is 11.3 Å². The minimum atomic E-state index is -0.753. The largest absolute Gasteiger partial charge is 0.467 e. The molecule has 2 rings (SSSR count). The average molecular weight is 308 g/mol. The van der Waals surface area contributed by atoms with Gasteiger partial charge in [-0.2, -0.15) is 0 Å². The number of carbonyl (C=O) groups excluding carboxylic acids is 2. The van der Waals surface area contributed by atoms with E-state index in [4.69, 9.17) is 16.0 Å². The highest BCUT2D eigenvalue weighted by atomic mass is 35.5. The van der Waals surface area contributed by atoms with Gasteiger partial charge in [-0.15, -0.1) is 0 Å². The van der Waals surface area contributed by atoms with Gasteiger partial charge in [0.1, 0.15) is 11.8 Å². The number of furan rings is 1. The Labute approximate surface area is 126 Å². The lowest BCUT2D eigenvalue weighted by Crippen LogP contribution is -2.38. The maximum Gasteiger partial charge on any atom is 0.328 e. The zero-order chi connectivity index (χ0) is 15.4. The Hall–Kier alpha value is -2.27. The number of amides is 1. The van der Waals surface area contributed by atoms with Crippen molar-refractivity contribution in [1.29, 1.82) is 0 Å². The van der Waals surface area contributed by atoms with Crippen molar-refractivity contribution in [2.45, 2.75) is 13.0 Å². The topological polar surface area (TPSA) is 68.5 Å². The molecule has 2 aromatic rings. The average Bonchev–Trinajstić information content (AvgIpc) is 2.96. The molecule has 0 unspecified atom stereocenters. The van der Waals surface area contributed by atoms with Gasteiger partial charge in [-0.1, -0.05) is 23.7 Å². The van der Waals surface area contributed by atoms with Crippen LogP contribution >= 0.6 is 11.6 Å². The number of nitrogens with one attached hydrogen (secondary N) is 1. The molecule has 1 aromatic carbocycles. The Balaban J connectivity index is 2.15. The predicted octanol–water partition coefficient (Wildman–Crippen LogP) is 2.89. The lowest BCUT2D eigenvalue weighted by molar-refractivity contribution is -0.142. The van der Waals surface area contributed by atoms with E-state index >= 15 is 0 Å². The number of hydrogen-bond donors (Lipinski definition) is 1. The number of esters is 1. The van der Waals surface area contributed by atoms with Crippen LogP contribution in [0.2, 0.25) is 5.02 Å². The summed E-state index contributed by atoms with van der Waals surface area (Å²) >= 11 is 6.07. The molecule has 0 saturated heterocycles. The molecule has 0 aliphatic heterocycles. The summed E-state index contributed by atoms with van der Waals surface area (Å²) in [4.78, 5) is 23.2. The highest BCUT2D eigenvalue weighted by Crippen LogP contribution is 2.28. The first-order valence-electron chi connectivity index (χ1n) is 6.26. The highest BCUT2D eigenvalue weighted by molar-refractivity contribution is 6.33. The summed E-state index contributed by atoms with van der Waals surface area (Å²) < 4.78 is 10.0. The van der Waals surface area contributed by atoms with E-state index in [0.717, 1.165) is 0 Å². The summed E-state index contributed by atoms with van der Waals surface area (Å²) in [5.41, 5.74) is 0.694. The Morgan fingerprint density at radius 2 is 1.95 bits per heavy atom. The quantitative estimate of drug-likeness (QED) is 0.882. The van der Waals surface area contributed by atoms with Crippen LogP contribution in [-0.4, -0.2) is 25.0 Å². The van der Waals surface area contributed by atoms with Crippen LogP contribution in [0.4, 0.5) is 0 Å². The molecule has 0 aliphatic rings. The maximum absolute atomic E-state index is 12.0. The van der Waals surface area contributed by atoms with Crippen molar-refractivity contribution < 1.29 is 18.7 Å². The van der Waals surface area contributed by atoms with Gasteiger partial charge < -0.3 is 14.5 Å². The summed E-state index contributed by atoms with van der Waals surface area (Å²) in [5, 5.41) is 3.02. The monoisotopic (exact) mass is 307 g/mol. The fourth-order valence-corrected chi connectivity index (χ4v) is 2.00. The minimum absolute atomic E-state index is 0.0978. The molecule has 110 valence electrons. The summed E-state index contributed by atoms with van der Waals surface area (Å²) in [6, 6.07) is 9.58. The standard InChI is InChI=1S/C15H14ClNO4/c1-9(15(19)20-2)17-14(18)13-8-7-12(21-13)10-5-3-4-6-11(10)16/h3-9H,1-2H3,(H,17,18)/t9-/m1/s1. The van der Waals surface area contributed by atoms with E-state index in [1.165, 1.54) is 20.1 Å². The predicted molar refractivity (Wildman–Crippen MR) is 78.1 cm³/mol. The number of hydrogen-bond acceptors (Lipinski definition) is 4. The fourth-order valence-electron chi connectivity index (χ4n) is 1.77. The summed E-state index contributed by atoms with van der Waals surface area (Å²) in [6.45, 7) is 1.53. The Kier molecular flexibility index (Phi) is 4.65. The van der Waals surface area contributed by atoms with Crippen LogP contribution in [0.1, 0.15) is 17.5 Å². The van der Waals surface area contributed by atoms with E-state index < -0.39 is 17.9 Å². The number of halogens is 1. The Morgan fingerprint density at radius 1 is 1.24 bits per heavy atom. The summed E-state index contributed by atoms with van der Waals surface area (Å²) in [7, 11) is 1.26. The molecular formula is C15H14ClNO4. The van der Waals surface area contributed by atoms with Gasteiger partial charge in [0.25, 0.3) is 5.91 Å². The molecule has 1 aromatic heterocycles. The smallest absolute Gasteiger partial charge is 0.328 e. The second-order valence-electron chi connectivity index (χ2n) is 4.36. The third-order valence-electron chi connectivity index (χ3n) is 2.87. The van der Waals surface area contributed by atoms with E-state index in [9.17, 15) is 9.59 Å². The van der Waals surface area contributed by atoms with Crippen LogP contribution in [-0.2, 0) is 9.53 Å². The molecular weight excluding hydrogens is 294 g/mol. The Bertz CT molecular complexity index is 665. The van der Waals surface area contributed by atoms with E-state index in [1.54, 1.807) is 24.3 Å². The van der Waals surface area contributed by atoms with Gasteiger partial charge in [0.2, 0.25) is 0 Å². The van der Waals surface area contributed by atoms with Gasteiger partial charge in [0.15, 0.2) is 5.76 Å². The lowest BCUT2D eigenvalue weighted by atomic mass is 10.2. The van der Waals surface area contributed by atoms with Gasteiger partial charge in [-0.25, -0.2) is 4.79 Å². The van der Waals surface area contributed by atoms with Crippen molar-refractivity contribution in [3.05, 3.63) is 47.2 Å². The van der Waals surface area contributed by atoms with Crippen LogP contribution < -0.4 is 5.32 Å². The number of carbonyl (C=O) groups is 2. The zero-order valence-corrected chi connectivity index (χ0v) is 12.3. The van der Waals surface area contributed by atoms with Gasteiger partial charge >= 0.3 is 5.97 Å². The second kappa shape index (κ2) is 6.45. The first kappa shape index (κ1) is 15.1. The van der Waals surface area contributed by atoms with Crippen LogP contribution in [0.3, 0.4) is 0 Å². The number of ether oxygens (including phenoxy) is 1. The number of benzene rings is 1. The molecule has 0 aliphatic carbocycles. The lowest BCUT2D eigenvalue weighted by Gasteiger charge is -2.09. The maximum atomic E-state index is 12.0. The van der Waals surface area contributed by atoms with Gasteiger partial charge in [-0.3, -0.25) is 4.79 Å². The van der Waals surface area contributed by atoms with E-state index in [0.29, 0.717) is 16.3 Å². The van der Waals surface area contributed by atoms with Gasteiger partial charge in [0, 0.05) is 5.56 Å². The highest BCUT2D eigenvalue weighted by Gasteiger charge is 2.19. The second-order valence-corrected chi connectivity index (χ2v) is 4.77. The first-order chi connectivity index (χ1) is 10.0. The fraction of sp³-hybridized carbons (Fsp3) is 0.200. The molecule has 5 nitrogen and oxygen atoms in total. The van der Waals surface area contributed by atoms with Crippen molar-refractivity contribution in [3.63, 3.8) is 0 Å². The van der Waals surface area contributed by atoms with Gasteiger partial charge in [0.05, 0.1) is 12.1 Å². The molecule has 0 spiro atoms. The molecule has 0 radical (unpaired) electrons. The van der Waals surface area contributed by atoms with Crippen molar-refractivity contribution >= 4 is 23.5 Å². The molecule has 1 atom stereocenters. The van der Waals surface area contributed by atoms with Crippen LogP contribution in [0.15, 0.2) is 40.8 Å². The van der Waals surface area contributed by atoms with E-state index in [-0.39, 0.29) is 5.76 Å². The van der Waals surface area contributed by atoms with Crippen molar-refractivity contribution in [2.24, 2.45) is 0 Å². The van der Waals surface area contributed by atoms with Crippen LogP contribution in [0.5, 0.6) is 0 Å².